The molecule has 0 spiro atoms. The largest absolute Gasteiger partial charge is 0.452 e. The molecule has 0 heterocycles. The zero-order chi connectivity index (χ0) is 13.5. The minimum atomic E-state index is -0.907. The van der Waals surface area contributed by atoms with Gasteiger partial charge >= 0.3 is 5.97 Å². The number of carbonyl (C=O) groups is 2. The third-order valence-corrected chi connectivity index (χ3v) is 2.37. The lowest BCUT2D eigenvalue weighted by molar-refractivity contribution is -0.123. The van der Waals surface area contributed by atoms with E-state index in [0.29, 0.717) is 4.47 Å². The number of esters is 1. The zero-order valence-corrected chi connectivity index (χ0v) is 10.8. The van der Waals surface area contributed by atoms with Crippen LogP contribution in [0.15, 0.2) is 22.7 Å². The topological polar surface area (TPSA) is 55.4 Å². The van der Waals surface area contributed by atoms with Crippen LogP contribution in [-0.2, 0) is 9.53 Å². The molecule has 0 aliphatic rings. The summed E-state index contributed by atoms with van der Waals surface area (Å²) < 4.78 is 18.5. The molecule has 1 N–H and O–H groups in total. The molecule has 0 bridgehead atoms. The number of carbonyl (C=O) groups excluding carboxylic acids is 2. The highest BCUT2D eigenvalue weighted by Gasteiger charge is 2.14. The van der Waals surface area contributed by atoms with E-state index in [1.54, 1.807) is 0 Å². The number of hydrogen-bond donors (Lipinski definition) is 1. The SMILES string of the molecule is C#CCNC(=O)COC(=O)c1ccc(Br)cc1F. The molecule has 0 saturated heterocycles. The van der Waals surface area contributed by atoms with Gasteiger partial charge < -0.3 is 10.1 Å². The van der Waals surface area contributed by atoms with Crippen molar-refractivity contribution in [3.63, 3.8) is 0 Å². The quantitative estimate of drug-likeness (QED) is 0.677. The van der Waals surface area contributed by atoms with E-state index in [0.717, 1.165) is 6.07 Å². The number of ether oxygens (including phenoxy) is 1. The Morgan fingerprint density at radius 3 is 2.83 bits per heavy atom. The van der Waals surface area contributed by atoms with E-state index < -0.39 is 24.3 Å². The fraction of sp³-hybridized carbons (Fsp3) is 0.167. The molecular formula is C12H9BrFNO3. The van der Waals surface area contributed by atoms with Crippen LogP contribution in [0, 0.1) is 18.2 Å². The molecule has 6 heteroatoms. The summed E-state index contributed by atoms with van der Waals surface area (Å²) in [6.07, 6.45) is 4.93. The Morgan fingerprint density at radius 2 is 2.22 bits per heavy atom. The Hall–Kier alpha value is -1.87. The van der Waals surface area contributed by atoms with Gasteiger partial charge in [0.1, 0.15) is 5.82 Å². The van der Waals surface area contributed by atoms with E-state index in [4.69, 9.17) is 6.42 Å². The predicted molar refractivity (Wildman–Crippen MR) is 66.2 cm³/mol. The first-order valence-corrected chi connectivity index (χ1v) is 5.66. The maximum atomic E-state index is 13.4. The fourth-order valence-electron chi connectivity index (χ4n) is 1.06. The number of rotatable bonds is 4. The van der Waals surface area contributed by atoms with Crippen LogP contribution in [0.2, 0.25) is 0 Å². The van der Waals surface area contributed by atoms with Gasteiger partial charge in [-0.25, -0.2) is 9.18 Å². The molecule has 1 aromatic carbocycles. The Labute approximate surface area is 112 Å². The lowest BCUT2D eigenvalue weighted by Gasteiger charge is -2.05. The van der Waals surface area contributed by atoms with Crippen molar-refractivity contribution in [1.29, 1.82) is 0 Å². The van der Waals surface area contributed by atoms with Gasteiger partial charge in [-0.2, -0.15) is 0 Å². The van der Waals surface area contributed by atoms with Crippen LogP contribution in [0.3, 0.4) is 0 Å². The lowest BCUT2D eigenvalue weighted by atomic mass is 10.2. The molecule has 1 aromatic rings. The second-order valence-electron chi connectivity index (χ2n) is 3.18. The van der Waals surface area contributed by atoms with E-state index >= 15 is 0 Å². The van der Waals surface area contributed by atoms with Gasteiger partial charge in [0.05, 0.1) is 12.1 Å². The van der Waals surface area contributed by atoms with Crippen molar-refractivity contribution in [2.75, 3.05) is 13.2 Å². The fourth-order valence-corrected chi connectivity index (χ4v) is 1.40. The van der Waals surface area contributed by atoms with Crippen molar-refractivity contribution in [2.45, 2.75) is 0 Å². The molecule has 0 aliphatic heterocycles. The smallest absolute Gasteiger partial charge is 0.341 e. The molecule has 0 fully saturated rings. The standard InChI is InChI=1S/C12H9BrFNO3/c1-2-5-15-11(16)7-18-12(17)9-4-3-8(13)6-10(9)14/h1,3-4,6H,5,7H2,(H,15,16). The van der Waals surface area contributed by atoms with Gasteiger partial charge in [-0.05, 0) is 18.2 Å². The number of nitrogens with one attached hydrogen (secondary N) is 1. The van der Waals surface area contributed by atoms with Crippen molar-refractivity contribution in [3.8, 4) is 12.3 Å². The highest BCUT2D eigenvalue weighted by atomic mass is 79.9. The molecule has 1 amide bonds. The number of hydrogen-bond acceptors (Lipinski definition) is 3. The summed E-state index contributed by atoms with van der Waals surface area (Å²) in [6, 6.07) is 3.90. The molecule has 0 radical (unpaired) electrons. The molecular weight excluding hydrogens is 305 g/mol. The van der Waals surface area contributed by atoms with Gasteiger partial charge in [-0.1, -0.05) is 21.9 Å². The number of amides is 1. The molecule has 1 rings (SSSR count). The second kappa shape index (κ2) is 6.77. The van der Waals surface area contributed by atoms with Gasteiger partial charge in [0.2, 0.25) is 0 Å². The van der Waals surface area contributed by atoms with Crippen molar-refractivity contribution < 1.29 is 18.7 Å². The monoisotopic (exact) mass is 313 g/mol. The molecule has 0 unspecified atom stereocenters. The number of benzene rings is 1. The van der Waals surface area contributed by atoms with Crippen LogP contribution in [0.5, 0.6) is 0 Å². The first-order chi connectivity index (χ1) is 8.54. The summed E-state index contributed by atoms with van der Waals surface area (Å²) in [6.45, 7) is -0.459. The van der Waals surface area contributed by atoms with Crippen LogP contribution >= 0.6 is 15.9 Å². The van der Waals surface area contributed by atoms with Crippen molar-refractivity contribution in [1.82, 2.24) is 5.32 Å². The zero-order valence-electron chi connectivity index (χ0n) is 9.20. The van der Waals surface area contributed by atoms with E-state index in [1.165, 1.54) is 12.1 Å². The van der Waals surface area contributed by atoms with E-state index in [9.17, 15) is 14.0 Å². The van der Waals surface area contributed by atoms with Gasteiger partial charge in [-0.15, -0.1) is 6.42 Å². The maximum absolute atomic E-state index is 13.4. The van der Waals surface area contributed by atoms with Crippen molar-refractivity contribution in [2.24, 2.45) is 0 Å². The molecule has 0 aromatic heterocycles. The normalized spacial score (nSPS) is 9.39. The molecule has 94 valence electrons. The maximum Gasteiger partial charge on any atom is 0.341 e. The van der Waals surface area contributed by atoms with Gasteiger partial charge in [-0.3, -0.25) is 4.79 Å². The minimum absolute atomic E-state index is 0.0447. The second-order valence-corrected chi connectivity index (χ2v) is 4.10. The molecule has 0 aliphatic carbocycles. The summed E-state index contributed by atoms with van der Waals surface area (Å²) in [7, 11) is 0. The first kappa shape index (κ1) is 14.2. The predicted octanol–water partition coefficient (Wildman–Crippen LogP) is 1.49. The molecule has 0 saturated carbocycles. The Balaban J connectivity index is 2.56. The Bertz CT molecular complexity index is 511. The van der Waals surface area contributed by atoms with Crippen molar-refractivity contribution >= 4 is 27.8 Å². The highest BCUT2D eigenvalue weighted by Crippen LogP contribution is 2.15. The first-order valence-electron chi connectivity index (χ1n) is 4.87. The molecule has 4 nitrogen and oxygen atoms in total. The van der Waals surface area contributed by atoms with Gasteiger partial charge in [0, 0.05) is 4.47 Å². The Morgan fingerprint density at radius 1 is 1.50 bits per heavy atom. The number of terminal acetylenes is 1. The van der Waals surface area contributed by atoms with Crippen LogP contribution in [-0.4, -0.2) is 25.0 Å². The van der Waals surface area contributed by atoms with Crippen LogP contribution in [0.4, 0.5) is 4.39 Å². The van der Waals surface area contributed by atoms with E-state index in [1.807, 2.05) is 0 Å². The molecule has 18 heavy (non-hydrogen) atoms. The average Bonchev–Trinajstić information content (AvgIpc) is 2.33. The summed E-state index contributed by atoms with van der Waals surface area (Å²) in [5.74, 6) is 0.0226. The molecule has 0 atom stereocenters. The van der Waals surface area contributed by atoms with Crippen LogP contribution < -0.4 is 5.32 Å². The van der Waals surface area contributed by atoms with E-state index in [-0.39, 0.29) is 12.1 Å². The summed E-state index contributed by atoms with van der Waals surface area (Å²) in [5.41, 5.74) is -0.233. The summed E-state index contributed by atoms with van der Waals surface area (Å²) >= 11 is 3.06. The average molecular weight is 314 g/mol. The van der Waals surface area contributed by atoms with Crippen LogP contribution in [0.1, 0.15) is 10.4 Å². The summed E-state index contributed by atoms with van der Waals surface area (Å²) in [4.78, 5) is 22.5. The van der Waals surface area contributed by atoms with Crippen LogP contribution in [0.25, 0.3) is 0 Å². The Kier molecular flexibility index (Phi) is 5.33. The van der Waals surface area contributed by atoms with Gasteiger partial charge in [0.15, 0.2) is 6.61 Å². The number of halogens is 2. The summed E-state index contributed by atoms with van der Waals surface area (Å²) in [5, 5.41) is 2.31. The lowest BCUT2D eigenvalue weighted by Crippen LogP contribution is -2.29. The minimum Gasteiger partial charge on any atom is -0.452 e. The van der Waals surface area contributed by atoms with Gasteiger partial charge in [0.25, 0.3) is 5.91 Å². The van der Waals surface area contributed by atoms with E-state index in [2.05, 4.69) is 31.9 Å². The highest BCUT2D eigenvalue weighted by molar-refractivity contribution is 9.10. The third-order valence-electron chi connectivity index (χ3n) is 1.87. The third kappa shape index (κ3) is 4.18. The van der Waals surface area contributed by atoms with Crippen molar-refractivity contribution in [3.05, 3.63) is 34.1 Å².